The van der Waals surface area contributed by atoms with Gasteiger partial charge in [-0.25, -0.2) is 13.8 Å². The van der Waals surface area contributed by atoms with Crippen LogP contribution in [0.1, 0.15) is 22.9 Å². The minimum Gasteiger partial charge on any atom is -0.379 e. The Hall–Kier alpha value is -2.50. The van der Waals surface area contributed by atoms with Gasteiger partial charge in [0.15, 0.2) is 10.9 Å². The lowest BCUT2D eigenvalue weighted by atomic mass is 10.3. The highest BCUT2D eigenvalue weighted by Gasteiger charge is 2.29. The molecule has 5 rings (SSSR count). The number of aryl methyl sites for hydroxylation is 1. The van der Waals surface area contributed by atoms with Crippen molar-refractivity contribution >= 4 is 32.6 Å². The molecule has 0 radical (unpaired) electrons. The molecule has 0 unspecified atom stereocenters. The Kier molecular flexibility index (Phi) is 5.17. The van der Waals surface area contributed by atoms with E-state index < -0.39 is 11.6 Å². The van der Waals surface area contributed by atoms with Gasteiger partial charge in [-0.1, -0.05) is 11.3 Å². The zero-order valence-electron chi connectivity index (χ0n) is 16.2. The van der Waals surface area contributed by atoms with E-state index in [1.165, 1.54) is 11.0 Å². The SMILES string of the molecule is O=C(c1nnc2n1CCC2)N(CCN1CCOCC1)c1nc2c(F)cc(F)cc2s1. The Labute approximate surface area is 175 Å². The smallest absolute Gasteiger partial charge is 0.298 e. The fourth-order valence-corrected chi connectivity index (χ4v) is 4.87. The number of hydrogen-bond donors (Lipinski definition) is 0. The first-order chi connectivity index (χ1) is 14.6. The van der Waals surface area contributed by atoms with Gasteiger partial charge in [-0.2, -0.15) is 0 Å². The second-order valence-corrected chi connectivity index (χ2v) is 8.35. The van der Waals surface area contributed by atoms with Gasteiger partial charge in [0.05, 0.1) is 17.9 Å². The van der Waals surface area contributed by atoms with E-state index >= 15 is 0 Å². The minimum atomic E-state index is -0.739. The molecular formula is C19H20F2N6O2S. The average molecular weight is 434 g/mol. The number of morpholine rings is 1. The maximum Gasteiger partial charge on any atom is 0.298 e. The van der Waals surface area contributed by atoms with Crippen LogP contribution in [0.15, 0.2) is 12.1 Å². The van der Waals surface area contributed by atoms with Crippen molar-refractivity contribution in [3.05, 3.63) is 35.4 Å². The van der Waals surface area contributed by atoms with Crippen molar-refractivity contribution in [3.8, 4) is 0 Å². The van der Waals surface area contributed by atoms with Crippen LogP contribution in [0, 0.1) is 11.6 Å². The average Bonchev–Trinajstić information content (AvgIpc) is 3.44. The summed E-state index contributed by atoms with van der Waals surface area (Å²) in [4.78, 5) is 21.5. The number of hydrogen-bond acceptors (Lipinski definition) is 7. The van der Waals surface area contributed by atoms with Crippen LogP contribution in [-0.4, -0.2) is 69.9 Å². The summed E-state index contributed by atoms with van der Waals surface area (Å²) in [5.41, 5.74) is 0.0621. The van der Waals surface area contributed by atoms with Crippen molar-refractivity contribution in [2.45, 2.75) is 19.4 Å². The summed E-state index contributed by atoms with van der Waals surface area (Å²) in [5, 5.41) is 8.54. The van der Waals surface area contributed by atoms with E-state index in [1.807, 2.05) is 4.57 Å². The Balaban J connectivity index is 1.48. The molecule has 1 saturated heterocycles. The Morgan fingerprint density at radius 3 is 2.87 bits per heavy atom. The van der Waals surface area contributed by atoms with Crippen molar-refractivity contribution < 1.29 is 18.3 Å². The maximum atomic E-state index is 14.2. The lowest BCUT2D eigenvalue weighted by Crippen LogP contribution is -2.43. The molecule has 11 heteroatoms. The topological polar surface area (TPSA) is 76.4 Å². The monoisotopic (exact) mass is 434 g/mol. The summed E-state index contributed by atoms with van der Waals surface area (Å²) in [7, 11) is 0. The standard InChI is InChI=1S/C19H20F2N6O2S/c20-12-10-13(21)16-14(11-12)30-19(22-16)27(5-4-25-6-8-29-9-7-25)18(28)17-24-23-15-2-1-3-26(15)17/h10-11H,1-9H2. The van der Waals surface area contributed by atoms with E-state index in [0.717, 1.165) is 49.2 Å². The zero-order chi connectivity index (χ0) is 20.7. The fraction of sp³-hybridized carbons (Fsp3) is 0.474. The van der Waals surface area contributed by atoms with Crippen LogP contribution >= 0.6 is 11.3 Å². The summed E-state index contributed by atoms with van der Waals surface area (Å²) in [6.45, 7) is 4.52. The second-order valence-electron chi connectivity index (χ2n) is 7.34. The summed E-state index contributed by atoms with van der Waals surface area (Å²) in [6.07, 6.45) is 1.71. The molecule has 4 heterocycles. The molecular weight excluding hydrogens is 414 g/mol. The lowest BCUT2D eigenvalue weighted by molar-refractivity contribution is 0.0390. The summed E-state index contributed by atoms with van der Waals surface area (Å²) in [5.74, 6) is -0.684. The first kappa shape index (κ1) is 19.5. The summed E-state index contributed by atoms with van der Waals surface area (Å²) >= 11 is 1.09. The number of carbonyl (C=O) groups excluding carboxylic acids is 1. The molecule has 2 aliphatic heterocycles. The number of carbonyl (C=O) groups is 1. The molecule has 158 valence electrons. The number of rotatable bonds is 5. The van der Waals surface area contributed by atoms with Gasteiger partial charge in [-0.3, -0.25) is 14.6 Å². The highest BCUT2D eigenvalue weighted by atomic mass is 32.1. The normalized spacial score (nSPS) is 16.9. The van der Waals surface area contributed by atoms with Gasteiger partial charge < -0.3 is 9.30 Å². The van der Waals surface area contributed by atoms with Gasteiger partial charge in [0.1, 0.15) is 17.2 Å². The molecule has 1 fully saturated rings. The molecule has 1 aromatic carbocycles. The quantitative estimate of drug-likeness (QED) is 0.612. The highest BCUT2D eigenvalue weighted by molar-refractivity contribution is 7.22. The van der Waals surface area contributed by atoms with Crippen LogP contribution in [-0.2, 0) is 17.7 Å². The van der Waals surface area contributed by atoms with Crippen LogP contribution in [0.2, 0.25) is 0 Å². The number of fused-ring (bicyclic) bond motifs is 2. The molecule has 3 aromatic rings. The largest absolute Gasteiger partial charge is 0.379 e. The molecule has 30 heavy (non-hydrogen) atoms. The number of anilines is 1. The van der Waals surface area contributed by atoms with E-state index in [4.69, 9.17) is 4.74 Å². The number of thiazole rings is 1. The molecule has 1 amide bonds. The Morgan fingerprint density at radius 1 is 1.20 bits per heavy atom. The van der Waals surface area contributed by atoms with Crippen LogP contribution in [0.5, 0.6) is 0 Å². The third kappa shape index (κ3) is 3.57. The maximum absolute atomic E-state index is 14.2. The van der Waals surface area contributed by atoms with Crippen molar-refractivity contribution in [2.24, 2.45) is 0 Å². The van der Waals surface area contributed by atoms with Crippen LogP contribution in [0.25, 0.3) is 10.2 Å². The van der Waals surface area contributed by atoms with Gasteiger partial charge >= 0.3 is 0 Å². The van der Waals surface area contributed by atoms with E-state index in [2.05, 4.69) is 20.1 Å². The molecule has 2 aromatic heterocycles. The molecule has 2 aliphatic rings. The van der Waals surface area contributed by atoms with Gasteiger partial charge in [0.2, 0.25) is 5.82 Å². The highest BCUT2D eigenvalue weighted by Crippen LogP contribution is 2.32. The van der Waals surface area contributed by atoms with Crippen LogP contribution in [0.3, 0.4) is 0 Å². The number of benzene rings is 1. The molecule has 0 N–H and O–H groups in total. The number of amides is 1. The molecule has 0 bridgehead atoms. The van der Waals surface area contributed by atoms with Crippen LogP contribution in [0.4, 0.5) is 13.9 Å². The number of ether oxygens (including phenoxy) is 1. The Bertz CT molecular complexity index is 1090. The van der Waals surface area contributed by atoms with Gasteiger partial charge in [-0.15, -0.1) is 10.2 Å². The second kappa shape index (κ2) is 7.97. The third-order valence-electron chi connectivity index (χ3n) is 5.42. The van der Waals surface area contributed by atoms with Crippen molar-refractivity contribution in [1.29, 1.82) is 0 Å². The lowest BCUT2D eigenvalue weighted by Gasteiger charge is -2.29. The number of aromatic nitrogens is 4. The molecule has 0 atom stereocenters. The zero-order valence-corrected chi connectivity index (χ0v) is 17.0. The van der Waals surface area contributed by atoms with Crippen LogP contribution < -0.4 is 4.90 Å². The van der Waals surface area contributed by atoms with Gasteiger partial charge in [0, 0.05) is 45.2 Å². The summed E-state index contributed by atoms with van der Waals surface area (Å²) in [6, 6.07) is 2.04. The Morgan fingerprint density at radius 2 is 2.03 bits per heavy atom. The molecule has 0 aliphatic carbocycles. The molecule has 0 saturated carbocycles. The van der Waals surface area contributed by atoms with E-state index in [1.54, 1.807) is 0 Å². The first-order valence-corrected chi connectivity index (χ1v) is 10.7. The van der Waals surface area contributed by atoms with E-state index in [-0.39, 0.29) is 17.2 Å². The summed E-state index contributed by atoms with van der Waals surface area (Å²) < 4.78 is 35.4. The number of nitrogens with zero attached hydrogens (tertiary/aromatic N) is 6. The molecule has 8 nitrogen and oxygen atoms in total. The predicted molar refractivity (Wildman–Crippen MR) is 107 cm³/mol. The minimum absolute atomic E-state index is 0.0621. The first-order valence-electron chi connectivity index (χ1n) is 9.90. The van der Waals surface area contributed by atoms with Crippen molar-refractivity contribution in [2.75, 3.05) is 44.3 Å². The van der Waals surface area contributed by atoms with E-state index in [9.17, 15) is 13.6 Å². The van der Waals surface area contributed by atoms with Crippen molar-refractivity contribution in [3.63, 3.8) is 0 Å². The fourth-order valence-electron chi connectivity index (χ4n) is 3.84. The molecule has 0 spiro atoms. The van der Waals surface area contributed by atoms with Gasteiger partial charge in [-0.05, 0) is 12.5 Å². The van der Waals surface area contributed by atoms with Crippen molar-refractivity contribution in [1.82, 2.24) is 24.6 Å². The van der Waals surface area contributed by atoms with Gasteiger partial charge in [0.25, 0.3) is 5.91 Å². The predicted octanol–water partition coefficient (Wildman–Crippen LogP) is 2.09. The van der Waals surface area contributed by atoms with E-state index in [0.29, 0.717) is 42.7 Å². The third-order valence-corrected chi connectivity index (χ3v) is 6.45. The number of halogens is 2.